The monoisotopic (exact) mass is 301 g/mol. The van der Waals surface area contributed by atoms with E-state index in [2.05, 4.69) is 11.8 Å². The summed E-state index contributed by atoms with van der Waals surface area (Å²) < 4.78 is 0. The summed E-state index contributed by atoms with van der Waals surface area (Å²) in [6.45, 7) is 4.41. The molecule has 1 aliphatic heterocycles. The van der Waals surface area contributed by atoms with E-state index in [1.165, 1.54) is 51.4 Å². The van der Waals surface area contributed by atoms with E-state index in [1.54, 1.807) is 0 Å². The van der Waals surface area contributed by atoms with E-state index in [9.17, 15) is 4.79 Å². The number of carboxylic acid groups (broad SMARTS) is 1. The van der Waals surface area contributed by atoms with Crippen LogP contribution in [0.1, 0.15) is 64.7 Å². The summed E-state index contributed by atoms with van der Waals surface area (Å²) in [5.74, 6) is 1.50. The normalized spacial score (nSPS) is 20.1. The third-order valence-electron chi connectivity index (χ3n) is 4.06. The second kappa shape index (κ2) is 11.4. The van der Waals surface area contributed by atoms with Gasteiger partial charge in [-0.3, -0.25) is 9.69 Å². The van der Waals surface area contributed by atoms with Crippen molar-refractivity contribution in [2.45, 2.75) is 70.8 Å². The largest absolute Gasteiger partial charge is 0.481 e. The smallest absolute Gasteiger partial charge is 0.304 e. The number of carbonyl (C=O) groups is 1. The molecule has 1 fully saturated rings. The van der Waals surface area contributed by atoms with Gasteiger partial charge in [-0.05, 0) is 13.0 Å². The highest BCUT2D eigenvalue weighted by Gasteiger charge is 2.24. The maximum atomic E-state index is 10.9. The first-order valence-electron chi connectivity index (χ1n) is 8.27. The molecule has 1 N–H and O–H groups in total. The fourth-order valence-electron chi connectivity index (χ4n) is 2.82. The molecule has 1 atom stereocenters. The predicted molar refractivity (Wildman–Crippen MR) is 87.5 cm³/mol. The van der Waals surface area contributed by atoms with Crippen molar-refractivity contribution in [2.75, 3.05) is 24.6 Å². The minimum atomic E-state index is -0.654. The highest BCUT2D eigenvalue weighted by Crippen LogP contribution is 2.20. The second-order valence-electron chi connectivity index (χ2n) is 5.84. The Kier molecular flexibility index (Phi) is 10.2. The Morgan fingerprint density at radius 3 is 2.45 bits per heavy atom. The molecule has 1 aliphatic rings. The van der Waals surface area contributed by atoms with Crippen molar-refractivity contribution in [2.24, 2.45) is 0 Å². The Morgan fingerprint density at radius 1 is 1.15 bits per heavy atom. The van der Waals surface area contributed by atoms with Gasteiger partial charge in [0, 0.05) is 24.1 Å². The summed E-state index contributed by atoms with van der Waals surface area (Å²) in [6.07, 6.45) is 11.0. The lowest BCUT2D eigenvalue weighted by Gasteiger charge is -2.34. The van der Waals surface area contributed by atoms with Crippen LogP contribution in [0.4, 0.5) is 0 Å². The molecule has 118 valence electrons. The van der Waals surface area contributed by atoms with Crippen molar-refractivity contribution in [3.05, 3.63) is 0 Å². The molecule has 0 bridgehead atoms. The van der Waals surface area contributed by atoms with Gasteiger partial charge in [-0.1, -0.05) is 51.9 Å². The maximum Gasteiger partial charge on any atom is 0.304 e. The average molecular weight is 301 g/mol. The number of thioether (sulfide) groups is 1. The molecule has 0 aliphatic carbocycles. The molecule has 1 rings (SSSR count). The van der Waals surface area contributed by atoms with Crippen molar-refractivity contribution in [3.63, 3.8) is 0 Å². The highest BCUT2D eigenvalue weighted by molar-refractivity contribution is 7.99. The molecule has 4 heteroatoms. The van der Waals surface area contributed by atoms with Gasteiger partial charge in [0.15, 0.2) is 0 Å². The first-order valence-corrected chi connectivity index (χ1v) is 9.43. The van der Waals surface area contributed by atoms with Crippen LogP contribution in [0.2, 0.25) is 0 Å². The first kappa shape index (κ1) is 17.8. The number of nitrogens with zero attached hydrogens (tertiary/aromatic N) is 1. The molecule has 3 nitrogen and oxygen atoms in total. The zero-order valence-electron chi connectivity index (χ0n) is 13.0. The molecule has 1 saturated heterocycles. The van der Waals surface area contributed by atoms with Crippen LogP contribution in [-0.4, -0.2) is 46.6 Å². The van der Waals surface area contributed by atoms with E-state index in [4.69, 9.17) is 5.11 Å². The number of carboxylic acids is 1. The minimum absolute atomic E-state index is 0.260. The number of unbranched alkanes of at least 4 members (excludes halogenated alkanes) is 7. The molecule has 0 amide bonds. The van der Waals surface area contributed by atoms with E-state index in [0.717, 1.165) is 24.6 Å². The Bertz CT molecular complexity index is 261. The molecule has 0 aromatic rings. The van der Waals surface area contributed by atoms with Crippen molar-refractivity contribution < 1.29 is 9.90 Å². The van der Waals surface area contributed by atoms with Crippen LogP contribution < -0.4 is 0 Å². The quantitative estimate of drug-likeness (QED) is 0.585. The maximum absolute atomic E-state index is 10.9. The highest BCUT2D eigenvalue weighted by atomic mass is 32.2. The molecular formula is C16H31NO2S. The van der Waals surface area contributed by atoms with Crippen LogP contribution in [-0.2, 0) is 4.79 Å². The summed E-state index contributed by atoms with van der Waals surface area (Å²) >= 11 is 1.90. The van der Waals surface area contributed by atoms with Crippen LogP contribution in [0.25, 0.3) is 0 Å². The summed E-state index contributed by atoms with van der Waals surface area (Å²) in [5.41, 5.74) is 0. The number of rotatable bonds is 11. The third kappa shape index (κ3) is 8.15. The summed E-state index contributed by atoms with van der Waals surface area (Å²) in [6, 6.07) is 0.260. The van der Waals surface area contributed by atoms with Crippen molar-refractivity contribution >= 4 is 17.7 Å². The van der Waals surface area contributed by atoms with E-state index >= 15 is 0 Å². The molecular weight excluding hydrogens is 270 g/mol. The molecule has 0 spiro atoms. The Hall–Kier alpha value is -0.220. The Balaban J connectivity index is 2.05. The lowest BCUT2D eigenvalue weighted by Crippen LogP contribution is -2.43. The molecule has 20 heavy (non-hydrogen) atoms. The fourth-order valence-corrected chi connectivity index (χ4v) is 3.95. The number of hydrogen-bond donors (Lipinski definition) is 1. The molecule has 0 saturated carbocycles. The molecule has 0 aromatic carbocycles. The SMILES string of the molecule is CCCCCCCCCCN1CCSCC1CC(=O)O. The molecule has 1 heterocycles. The first-order chi connectivity index (χ1) is 9.74. The van der Waals surface area contributed by atoms with E-state index in [1.807, 2.05) is 11.8 Å². The zero-order chi connectivity index (χ0) is 14.6. The van der Waals surface area contributed by atoms with Gasteiger partial charge in [-0.2, -0.15) is 11.8 Å². The third-order valence-corrected chi connectivity index (χ3v) is 5.15. The van der Waals surface area contributed by atoms with Crippen LogP contribution in [0.5, 0.6) is 0 Å². The molecule has 0 radical (unpaired) electrons. The van der Waals surface area contributed by atoms with E-state index in [-0.39, 0.29) is 6.04 Å². The van der Waals surface area contributed by atoms with Gasteiger partial charge in [0.25, 0.3) is 0 Å². The average Bonchev–Trinajstić information content (AvgIpc) is 2.43. The Labute approximate surface area is 128 Å². The van der Waals surface area contributed by atoms with Gasteiger partial charge >= 0.3 is 5.97 Å². The topological polar surface area (TPSA) is 40.5 Å². The lowest BCUT2D eigenvalue weighted by atomic mass is 10.1. The fraction of sp³-hybridized carbons (Fsp3) is 0.938. The van der Waals surface area contributed by atoms with Crippen molar-refractivity contribution in [1.29, 1.82) is 0 Å². The van der Waals surface area contributed by atoms with Gasteiger partial charge in [0.1, 0.15) is 0 Å². The summed E-state index contributed by atoms with van der Waals surface area (Å²) in [5, 5.41) is 8.96. The summed E-state index contributed by atoms with van der Waals surface area (Å²) in [7, 11) is 0. The molecule has 1 unspecified atom stereocenters. The van der Waals surface area contributed by atoms with Gasteiger partial charge in [-0.15, -0.1) is 0 Å². The lowest BCUT2D eigenvalue weighted by molar-refractivity contribution is -0.138. The van der Waals surface area contributed by atoms with Gasteiger partial charge in [-0.25, -0.2) is 0 Å². The Morgan fingerprint density at radius 2 is 1.80 bits per heavy atom. The minimum Gasteiger partial charge on any atom is -0.481 e. The predicted octanol–water partition coefficient (Wildman–Crippen LogP) is 4.02. The molecule has 0 aromatic heterocycles. The number of aliphatic carboxylic acids is 1. The van der Waals surface area contributed by atoms with Gasteiger partial charge < -0.3 is 5.11 Å². The van der Waals surface area contributed by atoms with Crippen LogP contribution in [0, 0.1) is 0 Å². The number of hydrogen-bond acceptors (Lipinski definition) is 3. The summed E-state index contributed by atoms with van der Waals surface area (Å²) in [4.78, 5) is 13.3. The van der Waals surface area contributed by atoms with Crippen molar-refractivity contribution in [3.8, 4) is 0 Å². The van der Waals surface area contributed by atoms with Gasteiger partial charge in [0.05, 0.1) is 6.42 Å². The zero-order valence-corrected chi connectivity index (χ0v) is 13.8. The second-order valence-corrected chi connectivity index (χ2v) is 6.99. The van der Waals surface area contributed by atoms with Crippen LogP contribution in [0.3, 0.4) is 0 Å². The van der Waals surface area contributed by atoms with Gasteiger partial charge in [0.2, 0.25) is 0 Å². The van der Waals surface area contributed by atoms with Crippen molar-refractivity contribution in [1.82, 2.24) is 4.90 Å². The standard InChI is InChI=1S/C16H31NO2S/c1-2-3-4-5-6-7-8-9-10-17-11-12-20-14-15(17)13-16(18)19/h15H,2-14H2,1H3,(H,18,19). The van der Waals surface area contributed by atoms with Crippen LogP contribution in [0.15, 0.2) is 0 Å². The van der Waals surface area contributed by atoms with E-state index in [0.29, 0.717) is 6.42 Å². The van der Waals surface area contributed by atoms with Crippen LogP contribution >= 0.6 is 11.8 Å². The van der Waals surface area contributed by atoms with E-state index < -0.39 is 5.97 Å².